The topological polar surface area (TPSA) is 72.5 Å². The molecule has 7 heteroatoms. The molecule has 7 nitrogen and oxygen atoms in total. The highest BCUT2D eigenvalue weighted by Crippen LogP contribution is 2.40. The zero-order valence-corrected chi connectivity index (χ0v) is 13.3. The second-order valence-electron chi connectivity index (χ2n) is 5.98. The van der Waals surface area contributed by atoms with E-state index in [1.54, 1.807) is 13.8 Å². The van der Waals surface area contributed by atoms with Crippen molar-refractivity contribution >= 4 is 5.97 Å². The third-order valence-electron chi connectivity index (χ3n) is 4.64. The van der Waals surface area contributed by atoms with Gasteiger partial charge in [0.2, 0.25) is 11.6 Å². The van der Waals surface area contributed by atoms with Gasteiger partial charge >= 0.3 is 5.97 Å². The summed E-state index contributed by atoms with van der Waals surface area (Å²) in [6.07, 6.45) is 0.937. The molecule has 2 aliphatic heterocycles. The molecular formula is C15H22O7. The van der Waals surface area contributed by atoms with Crippen LogP contribution in [0.3, 0.4) is 0 Å². The van der Waals surface area contributed by atoms with Crippen molar-refractivity contribution in [1.29, 1.82) is 0 Å². The molecule has 0 spiro atoms. The molecule has 0 N–H and O–H groups in total. The number of esters is 1. The van der Waals surface area contributed by atoms with Gasteiger partial charge in [-0.1, -0.05) is 6.08 Å². The Morgan fingerprint density at radius 3 is 2.27 bits per heavy atom. The molecule has 3 rings (SSSR count). The summed E-state index contributed by atoms with van der Waals surface area (Å²) in [5.74, 6) is -2.73. The van der Waals surface area contributed by atoms with Crippen LogP contribution in [0.5, 0.6) is 0 Å². The van der Waals surface area contributed by atoms with Gasteiger partial charge in [-0.2, -0.15) is 0 Å². The highest BCUT2D eigenvalue weighted by Gasteiger charge is 2.57. The Morgan fingerprint density at radius 1 is 1.09 bits per heavy atom. The molecule has 22 heavy (non-hydrogen) atoms. The van der Waals surface area contributed by atoms with Crippen molar-refractivity contribution in [2.75, 3.05) is 34.0 Å². The van der Waals surface area contributed by atoms with Crippen LogP contribution < -0.4 is 0 Å². The highest BCUT2D eigenvalue weighted by molar-refractivity contribution is 5.83. The van der Waals surface area contributed by atoms with E-state index in [0.29, 0.717) is 13.2 Å². The van der Waals surface area contributed by atoms with Crippen LogP contribution in [-0.2, 0) is 33.2 Å². The Balaban J connectivity index is 1.78. The average molecular weight is 314 g/mol. The number of hydrogen-bond acceptors (Lipinski definition) is 7. The monoisotopic (exact) mass is 314 g/mol. The van der Waals surface area contributed by atoms with Gasteiger partial charge in [0, 0.05) is 14.2 Å². The fourth-order valence-corrected chi connectivity index (χ4v) is 2.76. The van der Waals surface area contributed by atoms with E-state index in [4.69, 9.17) is 28.4 Å². The van der Waals surface area contributed by atoms with E-state index in [1.165, 1.54) is 14.2 Å². The molecule has 3 aliphatic rings. The molecule has 0 bridgehead atoms. The number of carbonyl (C=O) groups is 1. The SMILES string of the molecule is CO[C@]1(C)O[C@H]2COCC3=C[C@@H]3C(=O)OC[C@@H]2O[C@@]1(C)OC. The quantitative estimate of drug-likeness (QED) is 0.546. The van der Waals surface area contributed by atoms with Gasteiger partial charge in [-0.25, -0.2) is 0 Å². The molecule has 0 radical (unpaired) electrons. The van der Waals surface area contributed by atoms with E-state index in [9.17, 15) is 4.79 Å². The minimum Gasteiger partial charge on any atom is -0.462 e. The van der Waals surface area contributed by atoms with E-state index in [2.05, 4.69) is 0 Å². The van der Waals surface area contributed by atoms with Crippen molar-refractivity contribution < 1.29 is 33.2 Å². The molecule has 1 aliphatic carbocycles. The van der Waals surface area contributed by atoms with E-state index in [0.717, 1.165) is 5.57 Å². The number of hydrogen-bond donors (Lipinski definition) is 0. The minimum atomic E-state index is -1.12. The Hall–Kier alpha value is -0.990. The molecular weight excluding hydrogens is 292 g/mol. The summed E-state index contributed by atoms with van der Waals surface area (Å²) in [6.45, 7) is 4.29. The fourth-order valence-electron chi connectivity index (χ4n) is 2.76. The molecule has 2 heterocycles. The van der Waals surface area contributed by atoms with Gasteiger partial charge in [0.05, 0.1) is 19.1 Å². The van der Waals surface area contributed by atoms with Crippen molar-refractivity contribution in [3.05, 3.63) is 11.6 Å². The zero-order valence-electron chi connectivity index (χ0n) is 13.3. The first-order valence-electron chi connectivity index (χ1n) is 7.33. The van der Waals surface area contributed by atoms with E-state index < -0.39 is 23.8 Å². The molecule has 0 saturated carbocycles. The molecule has 5 atom stereocenters. The van der Waals surface area contributed by atoms with Crippen LogP contribution in [0.25, 0.3) is 0 Å². The third kappa shape index (κ3) is 2.57. The van der Waals surface area contributed by atoms with E-state index in [-0.39, 0.29) is 18.5 Å². The number of ether oxygens (including phenoxy) is 6. The minimum absolute atomic E-state index is 0.0865. The number of cyclic esters (lactones) is 1. The van der Waals surface area contributed by atoms with Gasteiger partial charge in [0.1, 0.15) is 18.8 Å². The summed E-state index contributed by atoms with van der Waals surface area (Å²) >= 11 is 0. The Morgan fingerprint density at radius 2 is 1.68 bits per heavy atom. The summed E-state index contributed by atoms with van der Waals surface area (Å²) < 4.78 is 34.0. The molecule has 124 valence electrons. The van der Waals surface area contributed by atoms with Gasteiger partial charge < -0.3 is 28.4 Å². The largest absolute Gasteiger partial charge is 0.462 e. The lowest BCUT2D eigenvalue weighted by molar-refractivity contribution is -0.451. The van der Waals surface area contributed by atoms with Crippen LogP contribution in [0.15, 0.2) is 11.6 Å². The van der Waals surface area contributed by atoms with Crippen molar-refractivity contribution in [2.45, 2.75) is 37.6 Å². The average Bonchev–Trinajstić information content (AvgIpc) is 3.28. The predicted octanol–water partition coefficient (Wildman–Crippen LogP) is 0.625. The molecule has 0 aromatic rings. The van der Waals surface area contributed by atoms with Crippen LogP contribution in [0.1, 0.15) is 13.8 Å². The number of fused-ring (bicyclic) bond motifs is 2. The first-order valence-corrected chi connectivity index (χ1v) is 7.33. The number of rotatable bonds is 2. The summed E-state index contributed by atoms with van der Waals surface area (Å²) in [4.78, 5) is 11.9. The Kier molecular flexibility index (Phi) is 4.03. The van der Waals surface area contributed by atoms with Crippen molar-refractivity contribution in [3.63, 3.8) is 0 Å². The van der Waals surface area contributed by atoms with Gasteiger partial charge in [-0.05, 0) is 19.4 Å². The third-order valence-corrected chi connectivity index (χ3v) is 4.64. The fraction of sp³-hybridized carbons (Fsp3) is 0.800. The highest BCUT2D eigenvalue weighted by atomic mass is 16.8. The van der Waals surface area contributed by atoms with Gasteiger partial charge in [-0.15, -0.1) is 0 Å². The first kappa shape index (κ1) is 15.9. The molecule has 0 aromatic carbocycles. The van der Waals surface area contributed by atoms with Crippen molar-refractivity contribution in [2.24, 2.45) is 5.92 Å². The van der Waals surface area contributed by atoms with Gasteiger partial charge in [-0.3, -0.25) is 4.79 Å². The lowest BCUT2D eigenvalue weighted by atomic mass is 10.0. The van der Waals surface area contributed by atoms with Crippen LogP contribution >= 0.6 is 0 Å². The van der Waals surface area contributed by atoms with Crippen molar-refractivity contribution in [1.82, 2.24) is 0 Å². The van der Waals surface area contributed by atoms with Crippen molar-refractivity contribution in [3.8, 4) is 0 Å². The van der Waals surface area contributed by atoms with Crippen LogP contribution in [0, 0.1) is 5.92 Å². The smallest absolute Gasteiger partial charge is 0.317 e. The van der Waals surface area contributed by atoms with Crippen LogP contribution in [0.2, 0.25) is 0 Å². The Labute approximate surface area is 129 Å². The van der Waals surface area contributed by atoms with Gasteiger partial charge in [0.15, 0.2) is 0 Å². The summed E-state index contributed by atoms with van der Waals surface area (Å²) in [7, 11) is 3.05. The second-order valence-corrected chi connectivity index (χ2v) is 5.98. The van der Waals surface area contributed by atoms with Crippen LogP contribution in [-0.4, -0.2) is 63.8 Å². The van der Waals surface area contributed by atoms with Crippen LogP contribution in [0.4, 0.5) is 0 Å². The molecule has 2 fully saturated rings. The zero-order chi connectivity index (χ0) is 16.0. The molecule has 0 unspecified atom stereocenters. The molecule has 0 aromatic heterocycles. The normalized spacial score (nSPS) is 45.2. The molecule has 2 saturated heterocycles. The summed E-state index contributed by atoms with van der Waals surface area (Å²) in [5, 5.41) is 0. The standard InChI is InChI=1S/C15H22O7/c1-14(17-3)15(2,18-4)22-12-8-20-13(16)10-5-9(10)6-19-7-11(12)21-14/h5,10-12H,6-8H2,1-4H3/t10-,11-,12-,14+,15+/m0/s1. The maximum Gasteiger partial charge on any atom is 0.317 e. The Bertz CT molecular complexity index is 490. The predicted molar refractivity (Wildman–Crippen MR) is 73.9 cm³/mol. The second kappa shape index (κ2) is 5.58. The number of methoxy groups -OCH3 is 2. The maximum atomic E-state index is 11.9. The maximum absolute atomic E-state index is 11.9. The lowest BCUT2D eigenvalue weighted by Crippen LogP contribution is -2.66. The lowest BCUT2D eigenvalue weighted by Gasteiger charge is -2.51. The summed E-state index contributed by atoms with van der Waals surface area (Å²) in [5.41, 5.74) is 0.955. The molecule has 0 amide bonds. The van der Waals surface area contributed by atoms with Gasteiger partial charge in [0.25, 0.3) is 0 Å². The van der Waals surface area contributed by atoms with E-state index in [1.807, 2.05) is 6.08 Å². The van der Waals surface area contributed by atoms with E-state index >= 15 is 0 Å². The summed E-state index contributed by atoms with van der Waals surface area (Å²) in [6, 6.07) is 0. The number of carbonyl (C=O) groups excluding carboxylic acids is 1. The first-order chi connectivity index (χ1) is 10.4.